The van der Waals surface area contributed by atoms with Crippen molar-refractivity contribution in [1.29, 1.82) is 0 Å². The summed E-state index contributed by atoms with van der Waals surface area (Å²) >= 11 is 0. The normalized spacial score (nSPS) is 14.4. The van der Waals surface area contributed by atoms with E-state index in [0.717, 1.165) is 34.6 Å². The van der Waals surface area contributed by atoms with Gasteiger partial charge in [0.15, 0.2) is 5.82 Å². The van der Waals surface area contributed by atoms with Crippen molar-refractivity contribution in [3.63, 3.8) is 0 Å². The third-order valence-electron chi connectivity index (χ3n) is 9.88. The van der Waals surface area contributed by atoms with Gasteiger partial charge in [-0.3, -0.25) is 0 Å². The van der Waals surface area contributed by atoms with Gasteiger partial charge in [0.1, 0.15) is 0 Å². The number of hydrogen-bond donors (Lipinski definition) is 0. The molecule has 0 spiro atoms. The Balaban J connectivity index is 1.10. The second kappa shape index (κ2) is 12.2. The lowest BCUT2D eigenvalue weighted by molar-refractivity contribution is 0.739. The van der Waals surface area contributed by atoms with Gasteiger partial charge in [-0.25, -0.2) is 9.97 Å². The van der Waals surface area contributed by atoms with Gasteiger partial charge in [0.05, 0.1) is 5.69 Å². The van der Waals surface area contributed by atoms with E-state index in [-0.39, 0.29) is 0 Å². The predicted octanol–water partition coefficient (Wildman–Crippen LogP) is 12.6. The topological polar surface area (TPSA) is 25.8 Å². The van der Waals surface area contributed by atoms with Crippen molar-refractivity contribution in [1.82, 2.24) is 9.97 Å². The van der Waals surface area contributed by atoms with E-state index in [1.54, 1.807) is 0 Å². The van der Waals surface area contributed by atoms with Gasteiger partial charge in [-0.05, 0) is 102 Å². The molecule has 8 aromatic rings. The van der Waals surface area contributed by atoms with Gasteiger partial charge in [-0.1, -0.05) is 146 Å². The summed E-state index contributed by atoms with van der Waals surface area (Å²) in [4.78, 5) is 9.79. The first-order chi connectivity index (χ1) is 24.2. The summed E-state index contributed by atoms with van der Waals surface area (Å²) in [5.74, 6) is 1.31. The van der Waals surface area contributed by atoms with E-state index in [1.165, 1.54) is 60.1 Å². The van der Waals surface area contributed by atoms with Crippen molar-refractivity contribution in [3.8, 4) is 44.9 Å². The maximum absolute atomic E-state index is 5.07. The molecule has 1 atom stereocenters. The minimum absolute atomic E-state index is 0.591. The van der Waals surface area contributed by atoms with Crippen LogP contribution in [0.15, 0.2) is 170 Å². The number of hydrogen-bond acceptors (Lipinski definition) is 2. The Labute approximate surface area is 286 Å². The zero-order chi connectivity index (χ0) is 32.7. The molecule has 0 N–H and O–H groups in total. The van der Waals surface area contributed by atoms with Gasteiger partial charge in [-0.15, -0.1) is 0 Å². The maximum Gasteiger partial charge on any atom is 0.159 e. The highest BCUT2D eigenvalue weighted by atomic mass is 14.9. The smallest absolute Gasteiger partial charge is 0.159 e. The zero-order valence-electron chi connectivity index (χ0n) is 27.3. The molecule has 0 fully saturated rings. The number of fused-ring (bicyclic) bond motifs is 6. The minimum Gasteiger partial charge on any atom is -0.237 e. The molecule has 49 heavy (non-hydrogen) atoms. The molecule has 0 radical (unpaired) electrons. The molecule has 1 aliphatic carbocycles. The van der Waals surface area contributed by atoms with Crippen LogP contribution in [-0.2, 0) is 0 Å². The number of aromatic nitrogens is 2. The van der Waals surface area contributed by atoms with Crippen LogP contribution in [0.5, 0.6) is 0 Å². The highest BCUT2D eigenvalue weighted by molar-refractivity contribution is 6.25. The van der Waals surface area contributed by atoms with E-state index in [0.29, 0.717) is 5.92 Å². The molecule has 0 saturated carbocycles. The maximum atomic E-state index is 5.07. The number of rotatable bonds is 5. The summed E-state index contributed by atoms with van der Waals surface area (Å²) in [6.07, 6.45) is 9.81. The largest absolute Gasteiger partial charge is 0.237 e. The highest BCUT2D eigenvalue weighted by Gasteiger charge is 2.14. The van der Waals surface area contributed by atoms with E-state index in [2.05, 4.69) is 165 Å². The molecule has 0 bridgehead atoms. The molecular formula is C47H34N2. The van der Waals surface area contributed by atoms with Crippen LogP contribution in [0.4, 0.5) is 0 Å². The molecule has 2 heteroatoms. The highest BCUT2D eigenvalue weighted by Crippen LogP contribution is 2.40. The fourth-order valence-electron chi connectivity index (χ4n) is 7.35. The lowest BCUT2D eigenvalue weighted by atomic mass is 9.89. The van der Waals surface area contributed by atoms with Crippen molar-refractivity contribution in [2.75, 3.05) is 0 Å². The molecule has 0 saturated heterocycles. The second-order valence-electron chi connectivity index (χ2n) is 13.1. The monoisotopic (exact) mass is 626 g/mol. The van der Waals surface area contributed by atoms with Crippen molar-refractivity contribution < 1.29 is 0 Å². The van der Waals surface area contributed by atoms with Gasteiger partial charge < -0.3 is 0 Å². The summed E-state index contributed by atoms with van der Waals surface area (Å²) in [5.41, 5.74) is 10.2. The second-order valence-corrected chi connectivity index (χ2v) is 13.1. The molecule has 0 aliphatic heterocycles. The summed E-state index contributed by atoms with van der Waals surface area (Å²) in [7, 11) is 0. The minimum atomic E-state index is 0.591. The Morgan fingerprint density at radius 1 is 0.490 bits per heavy atom. The van der Waals surface area contributed by atoms with Gasteiger partial charge in [0, 0.05) is 17.3 Å². The summed E-state index contributed by atoms with van der Waals surface area (Å²) in [6, 6.07) is 52.4. The van der Waals surface area contributed by atoms with Gasteiger partial charge in [0.25, 0.3) is 0 Å². The molecule has 2 nitrogen and oxygen atoms in total. The number of benzene rings is 7. The molecule has 1 heterocycles. The Morgan fingerprint density at radius 3 is 1.76 bits per heavy atom. The molecule has 1 aliphatic rings. The molecule has 9 rings (SSSR count). The van der Waals surface area contributed by atoms with Crippen molar-refractivity contribution in [2.45, 2.75) is 13.3 Å². The van der Waals surface area contributed by atoms with E-state index in [1.807, 2.05) is 12.3 Å². The Hall–Kier alpha value is -6.12. The fourth-order valence-corrected chi connectivity index (χ4v) is 7.35. The average Bonchev–Trinajstić information content (AvgIpc) is 3.18. The van der Waals surface area contributed by atoms with Crippen molar-refractivity contribution >= 4 is 37.9 Å². The predicted molar refractivity (Wildman–Crippen MR) is 207 cm³/mol. The van der Waals surface area contributed by atoms with Crippen LogP contribution >= 0.6 is 0 Å². The standard InChI is InChI=1S/C47H34N2/c1-31-20-22-32(23-21-31)33-10-8-12-36(28-33)46-26-27-48-47(49-46)37-13-9-11-34(29-37)38-14-2-3-15-39(38)35-24-25-44-42-18-5-4-16-40(42)41-17-6-7-19-43(41)45(44)30-35/h2-20,22-31H,21H2,1H3. The van der Waals surface area contributed by atoms with E-state index in [4.69, 9.17) is 9.97 Å². The Bertz CT molecular complexity index is 2570. The van der Waals surface area contributed by atoms with Gasteiger partial charge >= 0.3 is 0 Å². The Kier molecular flexibility index (Phi) is 7.21. The first-order valence-electron chi connectivity index (χ1n) is 17.1. The van der Waals surface area contributed by atoms with Crippen molar-refractivity contribution in [3.05, 3.63) is 176 Å². The third kappa shape index (κ3) is 5.32. The molecule has 7 aromatic carbocycles. The van der Waals surface area contributed by atoms with Crippen LogP contribution in [0.1, 0.15) is 18.9 Å². The molecular weight excluding hydrogens is 593 g/mol. The number of allylic oxidation sites excluding steroid dienone is 4. The van der Waals surface area contributed by atoms with E-state index in [9.17, 15) is 0 Å². The number of nitrogens with zero attached hydrogens (tertiary/aromatic N) is 2. The Morgan fingerprint density at radius 2 is 1.06 bits per heavy atom. The van der Waals surface area contributed by atoms with E-state index < -0.39 is 0 Å². The summed E-state index contributed by atoms with van der Waals surface area (Å²) < 4.78 is 0. The molecule has 1 unspecified atom stereocenters. The summed E-state index contributed by atoms with van der Waals surface area (Å²) in [5, 5.41) is 7.70. The average molecular weight is 627 g/mol. The lowest BCUT2D eigenvalue weighted by Crippen LogP contribution is -1.95. The van der Waals surface area contributed by atoms with Crippen LogP contribution in [0.2, 0.25) is 0 Å². The first-order valence-corrected chi connectivity index (χ1v) is 17.1. The van der Waals surface area contributed by atoms with Gasteiger partial charge in [-0.2, -0.15) is 0 Å². The van der Waals surface area contributed by atoms with Crippen LogP contribution in [0, 0.1) is 5.92 Å². The molecule has 1 aromatic heterocycles. The van der Waals surface area contributed by atoms with Crippen LogP contribution in [0.25, 0.3) is 82.8 Å². The van der Waals surface area contributed by atoms with Crippen LogP contribution in [0.3, 0.4) is 0 Å². The van der Waals surface area contributed by atoms with Gasteiger partial charge in [0.2, 0.25) is 0 Å². The van der Waals surface area contributed by atoms with Crippen molar-refractivity contribution in [2.24, 2.45) is 5.92 Å². The van der Waals surface area contributed by atoms with E-state index >= 15 is 0 Å². The molecule has 0 amide bonds. The van der Waals surface area contributed by atoms with Crippen LogP contribution < -0.4 is 0 Å². The molecule has 232 valence electrons. The zero-order valence-corrected chi connectivity index (χ0v) is 27.3. The first kappa shape index (κ1) is 29.1. The van der Waals surface area contributed by atoms with Crippen LogP contribution in [-0.4, -0.2) is 9.97 Å². The fraction of sp³-hybridized carbons (Fsp3) is 0.0638. The SMILES string of the molecule is CC1C=CC(c2cccc(-c3ccnc(-c4cccc(-c5ccccc5-c5ccc6c7ccccc7c7ccccc7c6c5)c4)n3)c2)=CC1. The lowest BCUT2D eigenvalue weighted by Gasteiger charge is -2.15. The quantitative estimate of drug-likeness (QED) is 0.178. The summed E-state index contributed by atoms with van der Waals surface area (Å²) in [6.45, 7) is 2.25. The third-order valence-corrected chi connectivity index (χ3v) is 9.88.